The summed E-state index contributed by atoms with van der Waals surface area (Å²) in [6.45, 7) is 1.98. The van der Waals surface area contributed by atoms with Crippen LogP contribution in [0.5, 0.6) is 0 Å². The molecule has 1 N–H and O–H groups in total. The van der Waals surface area contributed by atoms with Crippen LogP contribution in [0.2, 0.25) is 0 Å². The number of rotatable bonds is 3. The molecule has 1 rings (SSSR count). The molecule has 0 saturated heterocycles. The Labute approximate surface area is 101 Å². The molecule has 0 spiro atoms. The predicted molar refractivity (Wildman–Crippen MR) is 65.2 cm³/mol. The topological polar surface area (TPSA) is 35.8 Å². The molecule has 0 aliphatic rings. The van der Waals surface area contributed by atoms with E-state index in [1.54, 1.807) is 0 Å². The fraction of sp³-hybridized carbons (Fsp3) is 0.300. The van der Waals surface area contributed by atoms with E-state index in [4.69, 9.17) is 5.26 Å². The standard InChI is InChI=1S/C10H10Br2N2/c1-2-8(6-13)14-10-5-7(11)3-4-9(10)12/h3-5,8,14H,2H2,1H3. The van der Waals surface area contributed by atoms with Crippen molar-refractivity contribution in [1.82, 2.24) is 0 Å². The van der Waals surface area contributed by atoms with Crippen LogP contribution < -0.4 is 5.32 Å². The van der Waals surface area contributed by atoms with Gasteiger partial charge in [-0.15, -0.1) is 0 Å². The zero-order valence-corrected chi connectivity index (χ0v) is 10.9. The van der Waals surface area contributed by atoms with Gasteiger partial charge in [0, 0.05) is 8.95 Å². The average Bonchev–Trinajstić information content (AvgIpc) is 2.19. The fourth-order valence-electron chi connectivity index (χ4n) is 1.02. The normalized spacial score (nSPS) is 11.9. The highest BCUT2D eigenvalue weighted by molar-refractivity contribution is 9.11. The number of benzene rings is 1. The molecule has 1 aromatic carbocycles. The van der Waals surface area contributed by atoms with Crippen LogP contribution in [-0.2, 0) is 0 Å². The minimum atomic E-state index is -0.138. The van der Waals surface area contributed by atoms with Crippen LogP contribution >= 0.6 is 31.9 Å². The number of nitriles is 1. The highest BCUT2D eigenvalue weighted by Gasteiger charge is 2.06. The lowest BCUT2D eigenvalue weighted by Gasteiger charge is -2.12. The van der Waals surface area contributed by atoms with Gasteiger partial charge in [-0.1, -0.05) is 22.9 Å². The van der Waals surface area contributed by atoms with E-state index in [9.17, 15) is 0 Å². The zero-order chi connectivity index (χ0) is 10.6. The second-order valence-corrected chi connectivity index (χ2v) is 4.63. The molecule has 0 saturated carbocycles. The first-order valence-corrected chi connectivity index (χ1v) is 5.87. The first kappa shape index (κ1) is 11.5. The highest BCUT2D eigenvalue weighted by atomic mass is 79.9. The van der Waals surface area contributed by atoms with Gasteiger partial charge in [0.2, 0.25) is 0 Å². The summed E-state index contributed by atoms with van der Waals surface area (Å²) in [6, 6.07) is 7.90. The molecule has 74 valence electrons. The van der Waals surface area contributed by atoms with Crippen LogP contribution in [0.4, 0.5) is 5.69 Å². The number of nitrogens with zero attached hydrogens (tertiary/aromatic N) is 1. The third kappa shape index (κ3) is 3.00. The molecule has 1 aromatic rings. The summed E-state index contributed by atoms with van der Waals surface area (Å²) in [7, 11) is 0. The van der Waals surface area contributed by atoms with Gasteiger partial charge in [-0.3, -0.25) is 0 Å². The molecule has 1 atom stereocenters. The van der Waals surface area contributed by atoms with Crippen LogP contribution in [0.15, 0.2) is 27.1 Å². The lowest BCUT2D eigenvalue weighted by molar-refractivity contribution is 0.844. The second-order valence-electron chi connectivity index (χ2n) is 2.86. The van der Waals surface area contributed by atoms with Crippen LogP contribution in [-0.4, -0.2) is 6.04 Å². The third-order valence-corrected chi connectivity index (χ3v) is 3.01. The van der Waals surface area contributed by atoms with Crippen molar-refractivity contribution in [2.45, 2.75) is 19.4 Å². The predicted octanol–water partition coefficient (Wildman–Crippen LogP) is 3.93. The molecule has 2 nitrogen and oxygen atoms in total. The van der Waals surface area contributed by atoms with E-state index in [-0.39, 0.29) is 6.04 Å². The van der Waals surface area contributed by atoms with Crippen LogP contribution in [0.3, 0.4) is 0 Å². The Hall–Kier alpha value is -0.530. The van der Waals surface area contributed by atoms with Gasteiger partial charge < -0.3 is 5.32 Å². The van der Waals surface area contributed by atoms with Crippen molar-refractivity contribution < 1.29 is 0 Å². The second kappa shape index (κ2) is 5.38. The summed E-state index contributed by atoms with van der Waals surface area (Å²) in [6.07, 6.45) is 0.787. The Balaban J connectivity index is 2.86. The van der Waals surface area contributed by atoms with E-state index >= 15 is 0 Å². The van der Waals surface area contributed by atoms with Crippen LogP contribution in [0.1, 0.15) is 13.3 Å². The first-order chi connectivity index (χ1) is 6.67. The van der Waals surface area contributed by atoms with E-state index in [0.717, 1.165) is 21.1 Å². The monoisotopic (exact) mass is 316 g/mol. The molecule has 0 heterocycles. The van der Waals surface area contributed by atoms with Crippen LogP contribution in [0.25, 0.3) is 0 Å². The molecule has 0 bridgehead atoms. The molecule has 0 amide bonds. The van der Waals surface area contributed by atoms with Gasteiger partial charge in [-0.2, -0.15) is 5.26 Å². The summed E-state index contributed by atoms with van der Waals surface area (Å²) >= 11 is 6.81. The average molecular weight is 318 g/mol. The Morgan fingerprint density at radius 1 is 1.50 bits per heavy atom. The lowest BCUT2D eigenvalue weighted by Crippen LogP contribution is -2.15. The maximum Gasteiger partial charge on any atom is 0.114 e. The zero-order valence-electron chi connectivity index (χ0n) is 7.72. The van der Waals surface area contributed by atoms with Crippen molar-refractivity contribution in [2.24, 2.45) is 0 Å². The first-order valence-electron chi connectivity index (χ1n) is 4.28. The summed E-state index contributed by atoms with van der Waals surface area (Å²) < 4.78 is 1.96. The number of anilines is 1. The van der Waals surface area contributed by atoms with E-state index in [1.807, 2.05) is 25.1 Å². The summed E-state index contributed by atoms with van der Waals surface area (Å²) in [5.41, 5.74) is 0.938. The molecule has 0 aliphatic heterocycles. The van der Waals surface area contributed by atoms with Crippen molar-refractivity contribution in [3.05, 3.63) is 27.1 Å². The molecule has 1 unspecified atom stereocenters. The Morgan fingerprint density at radius 3 is 2.79 bits per heavy atom. The lowest BCUT2D eigenvalue weighted by atomic mass is 10.2. The van der Waals surface area contributed by atoms with Crippen molar-refractivity contribution >= 4 is 37.5 Å². The van der Waals surface area contributed by atoms with Gasteiger partial charge in [0.25, 0.3) is 0 Å². The molecule has 4 heteroatoms. The van der Waals surface area contributed by atoms with Gasteiger partial charge in [-0.05, 0) is 40.5 Å². The van der Waals surface area contributed by atoms with Crippen molar-refractivity contribution in [2.75, 3.05) is 5.32 Å². The smallest absolute Gasteiger partial charge is 0.114 e. The molecule has 0 radical (unpaired) electrons. The van der Waals surface area contributed by atoms with Gasteiger partial charge in [-0.25, -0.2) is 0 Å². The van der Waals surface area contributed by atoms with E-state index < -0.39 is 0 Å². The maximum atomic E-state index is 8.81. The minimum Gasteiger partial charge on any atom is -0.369 e. The summed E-state index contributed by atoms with van der Waals surface area (Å²) in [5, 5.41) is 12.0. The Kier molecular flexibility index (Phi) is 4.43. The van der Waals surface area contributed by atoms with E-state index in [1.165, 1.54) is 0 Å². The summed E-state index contributed by atoms with van der Waals surface area (Å²) in [5.74, 6) is 0. The molecule has 0 fully saturated rings. The third-order valence-electron chi connectivity index (χ3n) is 1.82. The Bertz CT molecular complexity index is 358. The fourth-order valence-corrected chi connectivity index (χ4v) is 1.74. The van der Waals surface area contributed by atoms with E-state index in [0.29, 0.717) is 0 Å². The number of hydrogen-bond donors (Lipinski definition) is 1. The largest absolute Gasteiger partial charge is 0.369 e. The van der Waals surface area contributed by atoms with Gasteiger partial charge in [0.05, 0.1) is 11.8 Å². The number of hydrogen-bond acceptors (Lipinski definition) is 2. The van der Waals surface area contributed by atoms with Crippen molar-refractivity contribution in [1.29, 1.82) is 5.26 Å². The Morgan fingerprint density at radius 2 is 2.21 bits per heavy atom. The quantitative estimate of drug-likeness (QED) is 0.917. The van der Waals surface area contributed by atoms with Crippen molar-refractivity contribution in [3.8, 4) is 6.07 Å². The van der Waals surface area contributed by atoms with E-state index in [2.05, 4.69) is 43.2 Å². The maximum absolute atomic E-state index is 8.81. The molecular weight excluding hydrogens is 308 g/mol. The molecule has 0 aliphatic carbocycles. The minimum absolute atomic E-state index is 0.138. The van der Waals surface area contributed by atoms with Crippen molar-refractivity contribution in [3.63, 3.8) is 0 Å². The molecular formula is C10H10Br2N2. The highest BCUT2D eigenvalue weighted by Crippen LogP contribution is 2.26. The summed E-state index contributed by atoms with van der Waals surface area (Å²) in [4.78, 5) is 0. The molecule has 0 aromatic heterocycles. The molecule has 14 heavy (non-hydrogen) atoms. The van der Waals surface area contributed by atoms with Gasteiger partial charge >= 0.3 is 0 Å². The van der Waals surface area contributed by atoms with Gasteiger partial charge in [0.1, 0.15) is 6.04 Å². The van der Waals surface area contributed by atoms with Gasteiger partial charge in [0.15, 0.2) is 0 Å². The number of nitrogens with one attached hydrogen (secondary N) is 1. The SMILES string of the molecule is CCC(C#N)Nc1cc(Br)ccc1Br. The van der Waals surface area contributed by atoms with Crippen LogP contribution in [0, 0.1) is 11.3 Å². The number of halogens is 2.